The Balaban J connectivity index is 1.74. The van der Waals surface area contributed by atoms with Crippen molar-refractivity contribution in [2.24, 2.45) is 5.92 Å². The minimum atomic E-state index is -0.133. The molecule has 1 amide bonds. The highest BCUT2D eigenvalue weighted by atomic mass is 16.5. The molecule has 0 aromatic heterocycles. The number of benzene rings is 1. The topological polar surface area (TPSA) is 64.4 Å². The van der Waals surface area contributed by atoms with Crippen molar-refractivity contribution in [2.75, 3.05) is 25.5 Å². The van der Waals surface area contributed by atoms with Crippen LogP contribution in [-0.4, -0.2) is 25.7 Å². The van der Waals surface area contributed by atoms with Crippen molar-refractivity contribution < 1.29 is 9.53 Å². The Kier molecular flexibility index (Phi) is 4.20. The van der Waals surface area contributed by atoms with Crippen molar-refractivity contribution in [1.29, 1.82) is 0 Å². The summed E-state index contributed by atoms with van der Waals surface area (Å²) in [7, 11) is 0. The molecule has 2 rings (SSSR count). The average molecular weight is 248 g/mol. The van der Waals surface area contributed by atoms with Crippen LogP contribution in [0, 0.1) is 12.8 Å². The monoisotopic (exact) mass is 248 g/mol. The molecule has 0 radical (unpaired) electrons. The molecule has 0 bridgehead atoms. The highest BCUT2D eigenvalue weighted by Gasteiger charge is 2.20. The second-order valence-electron chi connectivity index (χ2n) is 4.86. The predicted octanol–water partition coefficient (Wildman–Crippen LogP) is 1.73. The molecule has 0 aliphatic heterocycles. The van der Waals surface area contributed by atoms with E-state index in [0.717, 1.165) is 18.1 Å². The first-order valence-electron chi connectivity index (χ1n) is 6.39. The predicted molar refractivity (Wildman–Crippen MR) is 71.5 cm³/mol. The van der Waals surface area contributed by atoms with E-state index in [1.807, 2.05) is 13.0 Å². The van der Waals surface area contributed by atoms with Crippen molar-refractivity contribution in [3.05, 3.63) is 29.3 Å². The zero-order valence-electron chi connectivity index (χ0n) is 10.7. The molecule has 4 nitrogen and oxygen atoms in total. The summed E-state index contributed by atoms with van der Waals surface area (Å²) >= 11 is 0. The molecular weight excluding hydrogens is 228 g/mol. The maximum Gasteiger partial charge on any atom is 0.253 e. The van der Waals surface area contributed by atoms with Gasteiger partial charge in [-0.15, -0.1) is 0 Å². The van der Waals surface area contributed by atoms with Gasteiger partial charge in [0.15, 0.2) is 0 Å². The SMILES string of the molecule is Cc1ccc(N)c(C(=O)NCCOCC2CC2)c1. The highest BCUT2D eigenvalue weighted by molar-refractivity contribution is 5.99. The van der Waals surface area contributed by atoms with Crippen LogP contribution in [-0.2, 0) is 4.74 Å². The Morgan fingerprint density at radius 2 is 2.28 bits per heavy atom. The van der Waals surface area contributed by atoms with Gasteiger partial charge in [0, 0.05) is 18.8 Å². The first-order valence-corrected chi connectivity index (χ1v) is 6.39. The second-order valence-corrected chi connectivity index (χ2v) is 4.86. The number of carbonyl (C=O) groups is 1. The number of nitrogens with two attached hydrogens (primary N) is 1. The van der Waals surface area contributed by atoms with Crippen molar-refractivity contribution >= 4 is 11.6 Å². The Labute approximate surface area is 108 Å². The van der Waals surface area contributed by atoms with E-state index in [9.17, 15) is 4.79 Å². The summed E-state index contributed by atoms with van der Waals surface area (Å²) in [5, 5.41) is 2.82. The van der Waals surface area contributed by atoms with Crippen LogP contribution in [0.15, 0.2) is 18.2 Å². The van der Waals surface area contributed by atoms with Crippen molar-refractivity contribution in [3.63, 3.8) is 0 Å². The zero-order valence-corrected chi connectivity index (χ0v) is 10.7. The number of anilines is 1. The third-order valence-electron chi connectivity index (χ3n) is 3.04. The molecule has 1 aliphatic carbocycles. The fourth-order valence-electron chi connectivity index (χ4n) is 1.73. The maximum atomic E-state index is 11.9. The van der Waals surface area contributed by atoms with Crippen LogP contribution in [0.1, 0.15) is 28.8 Å². The van der Waals surface area contributed by atoms with Crippen LogP contribution >= 0.6 is 0 Å². The third kappa shape index (κ3) is 3.74. The van der Waals surface area contributed by atoms with E-state index in [2.05, 4.69) is 5.32 Å². The number of nitrogen functional groups attached to an aromatic ring is 1. The molecule has 0 saturated heterocycles. The lowest BCUT2D eigenvalue weighted by atomic mass is 10.1. The molecule has 98 valence electrons. The molecule has 1 saturated carbocycles. The second kappa shape index (κ2) is 5.87. The number of hydrogen-bond acceptors (Lipinski definition) is 3. The molecule has 1 aromatic carbocycles. The lowest BCUT2D eigenvalue weighted by Crippen LogP contribution is -2.28. The van der Waals surface area contributed by atoms with Crippen LogP contribution in [0.4, 0.5) is 5.69 Å². The van der Waals surface area contributed by atoms with Crippen molar-refractivity contribution in [1.82, 2.24) is 5.32 Å². The van der Waals surface area contributed by atoms with Gasteiger partial charge in [0.25, 0.3) is 5.91 Å². The number of aryl methyl sites for hydroxylation is 1. The van der Waals surface area contributed by atoms with Crippen LogP contribution in [0.25, 0.3) is 0 Å². The van der Waals surface area contributed by atoms with Gasteiger partial charge in [0.05, 0.1) is 12.2 Å². The van der Waals surface area contributed by atoms with E-state index in [0.29, 0.717) is 24.4 Å². The first-order chi connectivity index (χ1) is 8.66. The van der Waals surface area contributed by atoms with Crippen LogP contribution in [0.5, 0.6) is 0 Å². The number of amides is 1. The minimum Gasteiger partial charge on any atom is -0.398 e. The lowest BCUT2D eigenvalue weighted by molar-refractivity contribution is 0.0907. The number of carbonyl (C=O) groups excluding carboxylic acids is 1. The number of ether oxygens (including phenoxy) is 1. The minimum absolute atomic E-state index is 0.133. The fraction of sp³-hybridized carbons (Fsp3) is 0.500. The number of hydrogen-bond donors (Lipinski definition) is 2. The summed E-state index contributed by atoms with van der Waals surface area (Å²) in [5.74, 6) is 0.624. The zero-order chi connectivity index (χ0) is 13.0. The summed E-state index contributed by atoms with van der Waals surface area (Å²) in [6, 6.07) is 5.45. The van der Waals surface area contributed by atoms with Gasteiger partial charge in [0.2, 0.25) is 0 Å². The van der Waals surface area contributed by atoms with Gasteiger partial charge in [-0.1, -0.05) is 11.6 Å². The Hall–Kier alpha value is -1.55. The Morgan fingerprint density at radius 3 is 3.00 bits per heavy atom. The van der Waals surface area contributed by atoms with E-state index in [-0.39, 0.29) is 5.91 Å². The molecule has 1 fully saturated rings. The normalized spacial score (nSPS) is 14.5. The maximum absolute atomic E-state index is 11.9. The molecular formula is C14H20N2O2. The average Bonchev–Trinajstić information content (AvgIpc) is 3.15. The molecule has 0 unspecified atom stereocenters. The molecule has 18 heavy (non-hydrogen) atoms. The van der Waals surface area contributed by atoms with Crippen LogP contribution in [0.3, 0.4) is 0 Å². The van der Waals surface area contributed by atoms with E-state index in [1.54, 1.807) is 12.1 Å². The highest BCUT2D eigenvalue weighted by Crippen LogP contribution is 2.28. The quantitative estimate of drug-likeness (QED) is 0.595. The van der Waals surface area contributed by atoms with Gasteiger partial charge in [-0.05, 0) is 37.8 Å². The molecule has 4 heteroatoms. The summed E-state index contributed by atoms with van der Waals surface area (Å²) in [6.45, 7) is 3.85. The van der Waals surface area contributed by atoms with Crippen molar-refractivity contribution in [3.8, 4) is 0 Å². The van der Waals surface area contributed by atoms with Gasteiger partial charge >= 0.3 is 0 Å². The van der Waals surface area contributed by atoms with Crippen molar-refractivity contribution in [2.45, 2.75) is 19.8 Å². The van der Waals surface area contributed by atoms with Gasteiger partial charge in [-0.2, -0.15) is 0 Å². The van der Waals surface area contributed by atoms with Gasteiger partial charge < -0.3 is 15.8 Å². The summed E-state index contributed by atoms with van der Waals surface area (Å²) in [6.07, 6.45) is 2.57. The van der Waals surface area contributed by atoms with E-state index < -0.39 is 0 Å². The van der Waals surface area contributed by atoms with Crippen LogP contribution in [0.2, 0.25) is 0 Å². The summed E-state index contributed by atoms with van der Waals surface area (Å²) in [5.41, 5.74) is 7.85. The van der Waals surface area contributed by atoms with E-state index in [4.69, 9.17) is 10.5 Å². The smallest absolute Gasteiger partial charge is 0.253 e. The van der Waals surface area contributed by atoms with Gasteiger partial charge in [-0.3, -0.25) is 4.79 Å². The van der Waals surface area contributed by atoms with E-state index in [1.165, 1.54) is 12.8 Å². The largest absolute Gasteiger partial charge is 0.398 e. The summed E-state index contributed by atoms with van der Waals surface area (Å²) < 4.78 is 5.45. The molecule has 1 aromatic rings. The molecule has 1 aliphatic rings. The molecule has 0 atom stereocenters. The van der Waals surface area contributed by atoms with E-state index >= 15 is 0 Å². The standard InChI is InChI=1S/C14H20N2O2/c1-10-2-5-13(15)12(8-10)14(17)16-6-7-18-9-11-3-4-11/h2,5,8,11H,3-4,6-7,9,15H2,1H3,(H,16,17). The fourth-order valence-corrected chi connectivity index (χ4v) is 1.73. The molecule has 0 heterocycles. The first kappa shape index (κ1) is 12.9. The Bertz CT molecular complexity index is 428. The van der Waals surface area contributed by atoms with Gasteiger partial charge in [-0.25, -0.2) is 0 Å². The molecule has 3 N–H and O–H groups in total. The van der Waals surface area contributed by atoms with Crippen LogP contribution < -0.4 is 11.1 Å². The third-order valence-corrected chi connectivity index (χ3v) is 3.04. The number of rotatable bonds is 6. The summed E-state index contributed by atoms with van der Waals surface area (Å²) in [4.78, 5) is 11.9. The number of nitrogens with one attached hydrogen (secondary N) is 1. The van der Waals surface area contributed by atoms with Gasteiger partial charge in [0.1, 0.15) is 0 Å². The lowest BCUT2D eigenvalue weighted by Gasteiger charge is -2.08. The Morgan fingerprint density at radius 1 is 1.50 bits per heavy atom. The molecule has 0 spiro atoms.